The van der Waals surface area contributed by atoms with E-state index in [0.717, 1.165) is 16.7 Å². The third-order valence-electron chi connectivity index (χ3n) is 5.82. The normalized spacial score (nSPS) is 12.3. The van der Waals surface area contributed by atoms with Gasteiger partial charge in [-0.3, -0.25) is 4.79 Å². The van der Waals surface area contributed by atoms with E-state index in [-0.39, 0.29) is 25.0 Å². The largest absolute Gasteiger partial charge is 0.461 e. The Labute approximate surface area is 230 Å². The van der Waals surface area contributed by atoms with E-state index in [2.05, 4.69) is 48.3 Å². The van der Waals surface area contributed by atoms with Crippen molar-refractivity contribution in [1.82, 2.24) is 5.32 Å². The van der Waals surface area contributed by atoms with E-state index in [0.29, 0.717) is 12.2 Å². The highest BCUT2D eigenvalue weighted by molar-refractivity contribution is 8.00. The minimum absolute atomic E-state index is 0.164. The average molecular weight is 532 g/mol. The molecule has 0 bridgehead atoms. The first kappa shape index (κ1) is 29.1. The molecule has 1 N–H and O–H groups in total. The van der Waals surface area contributed by atoms with Gasteiger partial charge in [0.25, 0.3) is 0 Å². The summed E-state index contributed by atoms with van der Waals surface area (Å²) in [5.74, 6) is 0.207. The second kappa shape index (κ2) is 13.9. The van der Waals surface area contributed by atoms with E-state index >= 15 is 0 Å². The fourth-order valence-electron chi connectivity index (χ4n) is 4.18. The molecule has 3 rings (SSSR count). The molecular weight excluding hydrogens is 494 g/mol. The number of alkyl carbamates (subject to hydrolysis) is 1. The first-order valence-electron chi connectivity index (χ1n) is 12.8. The fourth-order valence-corrected chi connectivity index (χ4v) is 5.79. The molecule has 1 amide bonds. The Morgan fingerprint density at radius 3 is 1.76 bits per heavy atom. The van der Waals surface area contributed by atoms with Gasteiger partial charge >= 0.3 is 12.1 Å². The lowest BCUT2D eigenvalue weighted by atomic mass is 9.84. The Kier molecular flexibility index (Phi) is 10.6. The van der Waals surface area contributed by atoms with Crippen LogP contribution in [0.25, 0.3) is 0 Å². The van der Waals surface area contributed by atoms with Crippen LogP contribution in [-0.2, 0) is 19.0 Å². The van der Waals surface area contributed by atoms with Gasteiger partial charge in [0.05, 0.1) is 4.75 Å². The molecule has 0 fully saturated rings. The maximum Gasteiger partial charge on any atom is 0.407 e. The standard InChI is InChI=1S/C32H37NO4S/c1-5-23-36-29(34)22-21-28(33-30(35)37-31(2,3)4)24-38-32(25-15-9-6-10-16-25,26-17-11-7-12-18-26)27-19-13-8-14-20-27/h5-20,28H,1,21-24H2,2-4H3,(H,33,35). The molecule has 0 radical (unpaired) electrons. The zero-order valence-corrected chi connectivity index (χ0v) is 23.2. The highest BCUT2D eigenvalue weighted by Crippen LogP contribution is 2.48. The van der Waals surface area contributed by atoms with Crippen molar-refractivity contribution in [3.8, 4) is 0 Å². The lowest BCUT2D eigenvalue weighted by Crippen LogP contribution is -2.41. The third kappa shape index (κ3) is 8.25. The molecular formula is C32H37NO4S. The van der Waals surface area contributed by atoms with Gasteiger partial charge in [0.1, 0.15) is 12.2 Å². The summed E-state index contributed by atoms with van der Waals surface area (Å²) in [6.07, 6.45) is 1.62. The number of hydrogen-bond donors (Lipinski definition) is 1. The van der Waals surface area contributed by atoms with Gasteiger partial charge in [0.15, 0.2) is 0 Å². The van der Waals surface area contributed by atoms with Gasteiger partial charge in [-0.15, -0.1) is 11.8 Å². The molecule has 0 aromatic heterocycles. The number of hydrogen-bond acceptors (Lipinski definition) is 5. The van der Waals surface area contributed by atoms with Gasteiger partial charge in [-0.05, 0) is 43.9 Å². The molecule has 0 aliphatic rings. The summed E-state index contributed by atoms with van der Waals surface area (Å²) in [5, 5.41) is 3.00. The van der Waals surface area contributed by atoms with Crippen molar-refractivity contribution in [2.75, 3.05) is 12.4 Å². The smallest absolute Gasteiger partial charge is 0.407 e. The number of esters is 1. The van der Waals surface area contributed by atoms with Gasteiger partial charge in [-0.2, -0.15) is 0 Å². The second-order valence-corrected chi connectivity index (χ2v) is 11.2. The summed E-state index contributed by atoms with van der Waals surface area (Å²) in [6, 6.07) is 30.8. The predicted molar refractivity (Wildman–Crippen MR) is 155 cm³/mol. The molecule has 0 saturated heterocycles. The Balaban J connectivity index is 1.97. The number of carbonyl (C=O) groups excluding carboxylic acids is 2. The SMILES string of the molecule is C=CCOC(=O)CCC(CSC(c1ccccc1)(c1ccccc1)c1ccccc1)NC(=O)OC(C)(C)C. The summed E-state index contributed by atoms with van der Waals surface area (Å²) in [6.45, 7) is 9.24. The summed E-state index contributed by atoms with van der Waals surface area (Å²) < 4.78 is 10.2. The van der Waals surface area contributed by atoms with Gasteiger partial charge in [-0.25, -0.2) is 4.79 Å². The summed E-state index contributed by atoms with van der Waals surface area (Å²) in [7, 11) is 0. The topological polar surface area (TPSA) is 64.6 Å². The van der Waals surface area contributed by atoms with Crippen molar-refractivity contribution < 1.29 is 19.1 Å². The van der Waals surface area contributed by atoms with Crippen molar-refractivity contribution in [3.05, 3.63) is 120 Å². The first-order valence-corrected chi connectivity index (χ1v) is 13.8. The number of ether oxygens (including phenoxy) is 2. The molecule has 0 aliphatic heterocycles. The molecule has 5 nitrogen and oxygen atoms in total. The zero-order valence-electron chi connectivity index (χ0n) is 22.4. The van der Waals surface area contributed by atoms with Crippen LogP contribution in [0.4, 0.5) is 4.79 Å². The van der Waals surface area contributed by atoms with Crippen LogP contribution in [0, 0.1) is 0 Å². The highest BCUT2D eigenvalue weighted by Gasteiger charge is 2.37. The van der Waals surface area contributed by atoms with Gasteiger partial charge in [0, 0.05) is 18.2 Å². The average Bonchev–Trinajstić information content (AvgIpc) is 2.91. The lowest BCUT2D eigenvalue weighted by Gasteiger charge is -2.36. The molecule has 0 saturated carbocycles. The molecule has 0 heterocycles. The van der Waals surface area contributed by atoms with Crippen LogP contribution in [0.5, 0.6) is 0 Å². The Morgan fingerprint density at radius 2 is 1.34 bits per heavy atom. The number of thioether (sulfide) groups is 1. The number of amides is 1. The van der Waals surface area contributed by atoms with Gasteiger partial charge < -0.3 is 14.8 Å². The lowest BCUT2D eigenvalue weighted by molar-refractivity contribution is -0.142. The van der Waals surface area contributed by atoms with E-state index in [1.807, 2.05) is 75.4 Å². The van der Waals surface area contributed by atoms with Crippen LogP contribution >= 0.6 is 11.8 Å². The fraction of sp³-hybridized carbons (Fsp3) is 0.312. The van der Waals surface area contributed by atoms with Crippen LogP contribution in [0.15, 0.2) is 104 Å². The molecule has 3 aromatic rings. The zero-order chi connectivity index (χ0) is 27.4. The monoisotopic (exact) mass is 531 g/mol. The van der Waals surface area contributed by atoms with Crippen molar-refractivity contribution in [2.45, 2.75) is 50.0 Å². The number of benzene rings is 3. The van der Waals surface area contributed by atoms with E-state index in [1.165, 1.54) is 6.08 Å². The molecule has 0 spiro atoms. The van der Waals surface area contributed by atoms with Crippen molar-refractivity contribution in [1.29, 1.82) is 0 Å². The van der Waals surface area contributed by atoms with Crippen molar-refractivity contribution >= 4 is 23.8 Å². The highest BCUT2D eigenvalue weighted by atomic mass is 32.2. The van der Waals surface area contributed by atoms with E-state index in [1.54, 1.807) is 11.8 Å². The first-order chi connectivity index (χ1) is 18.2. The minimum atomic E-state index is -0.632. The second-order valence-electron chi connectivity index (χ2n) is 9.94. The number of nitrogens with one attached hydrogen (secondary N) is 1. The van der Waals surface area contributed by atoms with Crippen LogP contribution in [-0.4, -0.2) is 36.1 Å². The predicted octanol–water partition coefficient (Wildman–Crippen LogP) is 7.11. The van der Waals surface area contributed by atoms with E-state index in [9.17, 15) is 9.59 Å². The quantitative estimate of drug-likeness (QED) is 0.153. The Morgan fingerprint density at radius 1 is 0.868 bits per heavy atom. The van der Waals surface area contributed by atoms with Crippen LogP contribution in [0.3, 0.4) is 0 Å². The molecule has 1 atom stereocenters. The number of rotatable bonds is 12. The minimum Gasteiger partial charge on any atom is -0.461 e. The molecule has 200 valence electrons. The van der Waals surface area contributed by atoms with Crippen LogP contribution < -0.4 is 5.32 Å². The maximum absolute atomic E-state index is 12.7. The number of carbonyl (C=O) groups is 2. The molecule has 6 heteroatoms. The van der Waals surface area contributed by atoms with Gasteiger partial charge in [0.2, 0.25) is 0 Å². The molecule has 0 aliphatic carbocycles. The van der Waals surface area contributed by atoms with Gasteiger partial charge in [-0.1, -0.05) is 104 Å². The van der Waals surface area contributed by atoms with Crippen LogP contribution in [0.1, 0.15) is 50.3 Å². The van der Waals surface area contributed by atoms with Crippen molar-refractivity contribution in [3.63, 3.8) is 0 Å². The van der Waals surface area contributed by atoms with E-state index < -0.39 is 16.4 Å². The maximum atomic E-state index is 12.7. The Hall–Kier alpha value is -3.51. The summed E-state index contributed by atoms with van der Waals surface area (Å²) in [4.78, 5) is 25.0. The Bertz CT molecular complexity index is 1060. The molecule has 1 unspecified atom stereocenters. The van der Waals surface area contributed by atoms with E-state index in [4.69, 9.17) is 9.47 Å². The molecule has 3 aromatic carbocycles. The van der Waals surface area contributed by atoms with Crippen LogP contribution in [0.2, 0.25) is 0 Å². The summed E-state index contributed by atoms with van der Waals surface area (Å²) in [5.41, 5.74) is 2.75. The molecule has 38 heavy (non-hydrogen) atoms. The third-order valence-corrected chi connectivity index (χ3v) is 7.53. The summed E-state index contributed by atoms with van der Waals surface area (Å²) >= 11 is 1.73. The van der Waals surface area contributed by atoms with Crippen molar-refractivity contribution in [2.24, 2.45) is 0 Å².